The fourth-order valence-electron chi connectivity index (χ4n) is 3.90. The van der Waals surface area contributed by atoms with Crippen LogP contribution in [-0.4, -0.2) is 60.9 Å². The predicted octanol–water partition coefficient (Wildman–Crippen LogP) is 2.65. The van der Waals surface area contributed by atoms with Crippen LogP contribution in [0.4, 0.5) is 0 Å². The van der Waals surface area contributed by atoms with E-state index < -0.39 is 0 Å². The van der Waals surface area contributed by atoms with E-state index in [9.17, 15) is 9.59 Å². The summed E-state index contributed by atoms with van der Waals surface area (Å²) < 4.78 is 0. The summed E-state index contributed by atoms with van der Waals surface area (Å²) in [4.78, 5) is 28.9. The number of benzene rings is 1. The number of hydrogen-bond acceptors (Lipinski definition) is 3. The van der Waals surface area contributed by atoms with Crippen molar-refractivity contribution >= 4 is 23.4 Å². The van der Waals surface area contributed by atoms with Gasteiger partial charge in [-0.15, -0.1) is 0 Å². The molecule has 0 bridgehead atoms. The molecule has 2 atom stereocenters. The Bertz CT molecular complexity index is 638. The Morgan fingerprint density at radius 1 is 1.23 bits per heavy atom. The molecule has 142 valence electrons. The van der Waals surface area contributed by atoms with Crippen molar-refractivity contribution in [1.29, 1.82) is 0 Å². The highest BCUT2D eigenvalue weighted by molar-refractivity contribution is 6.30. The van der Waals surface area contributed by atoms with Crippen molar-refractivity contribution in [2.75, 3.05) is 39.3 Å². The first kappa shape index (κ1) is 19.2. The fraction of sp³-hybridized carbons (Fsp3) is 0.600. The number of amides is 2. The van der Waals surface area contributed by atoms with Crippen LogP contribution >= 0.6 is 11.6 Å². The molecule has 0 aliphatic carbocycles. The molecular formula is C20H28ClN3O2. The highest BCUT2D eigenvalue weighted by Crippen LogP contribution is 2.23. The van der Waals surface area contributed by atoms with E-state index in [2.05, 4.69) is 12.2 Å². The minimum Gasteiger partial charge on any atom is -0.339 e. The van der Waals surface area contributed by atoms with Gasteiger partial charge in [0.25, 0.3) is 5.91 Å². The average Bonchev–Trinajstić information content (AvgIpc) is 2.68. The normalized spacial score (nSPS) is 22.2. The topological polar surface area (TPSA) is 52.7 Å². The maximum atomic E-state index is 12.6. The number of carbonyl (C=O) groups excluding carboxylic acids is 2. The highest BCUT2D eigenvalue weighted by Gasteiger charge is 2.28. The summed E-state index contributed by atoms with van der Waals surface area (Å²) in [6.07, 6.45) is 3.02. The lowest BCUT2D eigenvalue weighted by molar-refractivity contribution is -0.134. The van der Waals surface area contributed by atoms with Crippen LogP contribution in [0.3, 0.4) is 0 Å². The summed E-state index contributed by atoms with van der Waals surface area (Å²) in [5, 5.41) is 3.99. The first-order valence-electron chi connectivity index (χ1n) is 9.58. The Hall–Kier alpha value is -1.59. The fourth-order valence-corrected chi connectivity index (χ4v) is 4.09. The van der Waals surface area contributed by atoms with E-state index in [0.717, 1.165) is 13.1 Å². The molecule has 0 radical (unpaired) electrons. The Balaban J connectivity index is 1.48. The minimum absolute atomic E-state index is 0.0127. The van der Waals surface area contributed by atoms with Crippen molar-refractivity contribution < 1.29 is 9.59 Å². The Morgan fingerprint density at radius 3 is 2.62 bits per heavy atom. The first-order valence-corrected chi connectivity index (χ1v) is 9.95. The van der Waals surface area contributed by atoms with Gasteiger partial charge in [0.1, 0.15) is 0 Å². The largest absolute Gasteiger partial charge is 0.339 e. The van der Waals surface area contributed by atoms with E-state index in [1.165, 1.54) is 12.8 Å². The van der Waals surface area contributed by atoms with Gasteiger partial charge in [-0.05, 0) is 56.0 Å². The molecule has 5 nitrogen and oxygen atoms in total. The summed E-state index contributed by atoms with van der Waals surface area (Å²) in [6.45, 7) is 6.69. The zero-order chi connectivity index (χ0) is 18.5. The van der Waals surface area contributed by atoms with Crippen LogP contribution in [0.5, 0.6) is 0 Å². The third-order valence-electron chi connectivity index (χ3n) is 5.63. The second-order valence-corrected chi connectivity index (χ2v) is 7.91. The van der Waals surface area contributed by atoms with Gasteiger partial charge < -0.3 is 15.1 Å². The Labute approximate surface area is 160 Å². The molecule has 2 fully saturated rings. The van der Waals surface area contributed by atoms with Gasteiger partial charge in [0.15, 0.2) is 0 Å². The smallest absolute Gasteiger partial charge is 0.254 e. The lowest BCUT2D eigenvalue weighted by Crippen LogP contribution is -2.51. The van der Waals surface area contributed by atoms with Crippen molar-refractivity contribution in [2.24, 2.45) is 11.8 Å². The molecule has 2 unspecified atom stereocenters. The summed E-state index contributed by atoms with van der Waals surface area (Å²) in [7, 11) is 0. The van der Waals surface area contributed by atoms with Gasteiger partial charge >= 0.3 is 0 Å². The quantitative estimate of drug-likeness (QED) is 0.877. The number of halogens is 1. The third-order valence-corrected chi connectivity index (χ3v) is 5.86. The zero-order valence-electron chi connectivity index (χ0n) is 15.4. The summed E-state index contributed by atoms with van der Waals surface area (Å²) in [5.74, 6) is 1.21. The zero-order valence-corrected chi connectivity index (χ0v) is 16.2. The second-order valence-electron chi connectivity index (χ2n) is 7.47. The van der Waals surface area contributed by atoms with Gasteiger partial charge in [-0.3, -0.25) is 9.59 Å². The Kier molecular flexibility index (Phi) is 6.54. The van der Waals surface area contributed by atoms with Gasteiger partial charge in [-0.2, -0.15) is 0 Å². The number of hydrogen-bond donors (Lipinski definition) is 1. The summed E-state index contributed by atoms with van der Waals surface area (Å²) in [6, 6.07) is 7.03. The molecule has 1 aromatic rings. The van der Waals surface area contributed by atoms with Crippen molar-refractivity contribution in [3.8, 4) is 0 Å². The van der Waals surface area contributed by atoms with E-state index in [-0.39, 0.29) is 11.8 Å². The molecule has 2 aliphatic heterocycles. The summed E-state index contributed by atoms with van der Waals surface area (Å²) in [5.41, 5.74) is 0.607. The molecule has 1 N–H and O–H groups in total. The molecule has 0 saturated carbocycles. The predicted molar refractivity (Wildman–Crippen MR) is 103 cm³/mol. The van der Waals surface area contributed by atoms with Gasteiger partial charge in [-0.1, -0.05) is 24.6 Å². The highest BCUT2D eigenvalue weighted by atomic mass is 35.5. The minimum atomic E-state index is -0.0127. The molecule has 2 amide bonds. The van der Waals surface area contributed by atoms with Crippen molar-refractivity contribution in [2.45, 2.75) is 26.2 Å². The van der Waals surface area contributed by atoms with Crippen LogP contribution in [0.25, 0.3) is 0 Å². The number of nitrogens with one attached hydrogen (secondary N) is 1. The number of rotatable bonds is 4. The van der Waals surface area contributed by atoms with E-state index in [0.29, 0.717) is 55.0 Å². The number of piperidine rings is 1. The van der Waals surface area contributed by atoms with E-state index >= 15 is 0 Å². The van der Waals surface area contributed by atoms with Crippen molar-refractivity contribution in [3.63, 3.8) is 0 Å². The third kappa shape index (κ3) is 4.77. The molecule has 3 rings (SSSR count). The van der Waals surface area contributed by atoms with Gasteiger partial charge in [-0.25, -0.2) is 0 Å². The maximum absolute atomic E-state index is 12.6. The van der Waals surface area contributed by atoms with Crippen LogP contribution in [0.1, 0.15) is 36.5 Å². The van der Waals surface area contributed by atoms with E-state index in [1.54, 1.807) is 24.3 Å². The molecule has 0 aromatic heterocycles. The summed E-state index contributed by atoms with van der Waals surface area (Å²) >= 11 is 5.98. The second kappa shape index (κ2) is 8.87. The molecule has 0 spiro atoms. The van der Waals surface area contributed by atoms with Gasteiger partial charge in [0.2, 0.25) is 5.91 Å². The molecule has 2 aliphatic rings. The van der Waals surface area contributed by atoms with Crippen LogP contribution < -0.4 is 5.32 Å². The van der Waals surface area contributed by atoms with E-state index in [4.69, 9.17) is 11.6 Å². The van der Waals surface area contributed by atoms with Crippen LogP contribution in [0, 0.1) is 11.8 Å². The van der Waals surface area contributed by atoms with Crippen molar-refractivity contribution in [1.82, 2.24) is 15.1 Å². The molecule has 1 aromatic carbocycles. The van der Waals surface area contributed by atoms with E-state index in [1.807, 2.05) is 9.80 Å². The van der Waals surface area contributed by atoms with Crippen LogP contribution in [-0.2, 0) is 4.79 Å². The lowest BCUT2D eigenvalue weighted by Gasteiger charge is -2.36. The maximum Gasteiger partial charge on any atom is 0.254 e. The van der Waals surface area contributed by atoms with Crippen molar-refractivity contribution in [3.05, 3.63) is 34.9 Å². The van der Waals surface area contributed by atoms with Gasteiger partial charge in [0.05, 0.1) is 0 Å². The number of piperazine rings is 1. The SMILES string of the molecule is CC(CC(=O)N1CCN(C(=O)c2cccc(Cl)c2)CC1)C1CCCNC1. The molecule has 2 saturated heterocycles. The molecule has 2 heterocycles. The Morgan fingerprint density at radius 2 is 1.96 bits per heavy atom. The monoisotopic (exact) mass is 377 g/mol. The average molecular weight is 378 g/mol. The standard InChI is InChI=1S/C20H28ClN3O2/c1-15(17-5-3-7-22-14-17)12-19(25)23-8-10-24(11-9-23)20(26)16-4-2-6-18(21)13-16/h2,4,6,13,15,17,22H,3,5,7-12,14H2,1H3. The lowest BCUT2D eigenvalue weighted by atomic mass is 9.85. The molecule has 6 heteroatoms. The van der Waals surface area contributed by atoms with Gasteiger partial charge in [0, 0.05) is 43.2 Å². The first-order chi connectivity index (χ1) is 12.5. The van der Waals surface area contributed by atoms with Crippen LogP contribution in [0.2, 0.25) is 5.02 Å². The molecule has 26 heavy (non-hydrogen) atoms. The van der Waals surface area contributed by atoms with Crippen LogP contribution in [0.15, 0.2) is 24.3 Å². The number of carbonyl (C=O) groups is 2. The number of nitrogens with zero attached hydrogens (tertiary/aromatic N) is 2. The molecular weight excluding hydrogens is 350 g/mol.